The van der Waals surface area contributed by atoms with Gasteiger partial charge in [0.1, 0.15) is 6.04 Å². The van der Waals surface area contributed by atoms with E-state index in [1.165, 1.54) is 0 Å². The summed E-state index contributed by atoms with van der Waals surface area (Å²) < 4.78 is 0. The van der Waals surface area contributed by atoms with Crippen molar-refractivity contribution < 1.29 is 9.59 Å². The van der Waals surface area contributed by atoms with Crippen molar-refractivity contribution in [2.24, 2.45) is 5.92 Å². The maximum absolute atomic E-state index is 12.7. The van der Waals surface area contributed by atoms with E-state index in [9.17, 15) is 9.59 Å². The highest BCUT2D eigenvalue weighted by Gasteiger charge is 2.28. The van der Waals surface area contributed by atoms with Crippen LogP contribution in [0.4, 0.5) is 0 Å². The summed E-state index contributed by atoms with van der Waals surface area (Å²) >= 11 is 0. The Bertz CT molecular complexity index is 479. The molecule has 1 aromatic carbocycles. The van der Waals surface area contributed by atoms with Gasteiger partial charge in [0.15, 0.2) is 0 Å². The normalized spacial score (nSPS) is 16.0. The Balaban J connectivity index is 2.14. The first kappa shape index (κ1) is 15.5. The lowest BCUT2D eigenvalue weighted by Crippen LogP contribution is -2.42. The Morgan fingerprint density at radius 1 is 1.14 bits per heavy atom. The number of nitrogens with zero attached hydrogens (tertiary/aromatic N) is 1. The predicted octanol–water partition coefficient (Wildman–Crippen LogP) is 2.51. The number of hydrogen-bond acceptors (Lipinski definition) is 2. The Kier molecular flexibility index (Phi) is 5.37. The highest BCUT2D eigenvalue weighted by molar-refractivity contribution is 5.88. The molecular weight excluding hydrogens is 264 g/mol. The molecule has 2 rings (SSSR count). The Labute approximate surface area is 126 Å². The minimum absolute atomic E-state index is 0.0100. The monoisotopic (exact) mass is 288 g/mol. The molecule has 1 fully saturated rings. The molecule has 1 aliphatic heterocycles. The topological polar surface area (TPSA) is 49.4 Å². The fraction of sp³-hybridized carbons (Fsp3) is 0.529. The van der Waals surface area contributed by atoms with Crippen LogP contribution in [-0.4, -0.2) is 29.8 Å². The average molecular weight is 288 g/mol. The molecule has 0 bridgehead atoms. The van der Waals surface area contributed by atoms with Gasteiger partial charge >= 0.3 is 0 Å². The quantitative estimate of drug-likeness (QED) is 0.905. The van der Waals surface area contributed by atoms with Gasteiger partial charge in [-0.25, -0.2) is 0 Å². The molecule has 0 saturated carbocycles. The van der Waals surface area contributed by atoms with Crippen LogP contribution in [0, 0.1) is 5.92 Å². The first-order chi connectivity index (χ1) is 10.1. The van der Waals surface area contributed by atoms with Gasteiger partial charge in [-0.15, -0.1) is 0 Å². The minimum Gasteiger partial charge on any atom is -0.341 e. The maximum atomic E-state index is 12.7. The van der Waals surface area contributed by atoms with Crippen molar-refractivity contribution in [3.05, 3.63) is 35.9 Å². The van der Waals surface area contributed by atoms with Gasteiger partial charge in [0.25, 0.3) is 0 Å². The van der Waals surface area contributed by atoms with Crippen molar-refractivity contribution in [3.63, 3.8) is 0 Å². The number of carbonyl (C=O) groups excluding carboxylic acids is 2. The maximum Gasteiger partial charge on any atom is 0.249 e. The van der Waals surface area contributed by atoms with Gasteiger partial charge in [-0.05, 0) is 24.3 Å². The number of amides is 2. The van der Waals surface area contributed by atoms with E-state index < -0.39 is 6.04 Å². The van der Waals surface area contributed by atoms with Gasteiger partial charge in [-0.3, -0.25) is 9.59 Å². The van der Waals surface area contributed by atoms with Gasteiger partial charge in [-0.2, -0.15) is 0 Å². The molecule has 2 amide bonds. The van der Waals surface area contributed by atoms with E-state index in [0.29, 0.717) is 6.42 Å². The first-order valence-electron chi connectivity index (χ1n) is 7.71. The third-order valence-electron chi connectivity index (χ3n) is 3.70. The lowest BCUT2D eigenvalue weighted by atomic mass is 10.0. The SMILES string of the molecule is CC(C)CC(=O)N[C@H](C(=O)N1CCCC1)c1ccccc1. The summed E-state index contributed by atoms with van der Waals surface area (Å²) in [7, 11) is 0. The smallest absolute Gasteiger partial charge is 0.249 e. The van der Waals surface area contributed by atoms with Crippen LogP contribution in [0.2, 0.25) is 0 Å². The predicted molar refractivity (Wildman–Crippen MR) is 82.6 cm³/mol. The molecule has 1 aliphatic rings. The zero-order chi connectivity index (χ0) is 15.2. The highest BCUT2D eigenvalue weighted by Crippen LogP contribution is 2.19. The molecule has 0 spiro atoms. The van der Waals surface area contributed by atoms with Crippen molar-refractivity contribution >= 4 is 11.8 Å². The number of nitrogens with one attached hydrogen (secondary N) is 1. The number of hydrogen-bond donors (Lipinski definition) is 1. The molecule has 1 saturated heterocycles. The first-order valence-corrected chi connectivity index (χ1v) is 7.71. The Morgan fingerprint density at radius 3 is 2.33 bits per heavy atom. The van der Waals surface area contributed by atoms with E-state index in [1.54, 1.807) is 0 Å². The zero-order valence-electron chi connectivity index (χ0n) is 12.8. The standard InChI is InChI=1S/C17H24N2O2/c1-13(2)12-15(20)18-16(14-8-4-3-5-9-14)17(21)19-10-6-7-11-19/h3-5,8-9,13,16H,6-7,10-12H2,1-2H3,(H,18,20)/t16-/m0/s1. The third kappa shape index (κ3) is 4.31. The van der Waals surface area contributed by atoms with Crippen LogP contribution in [0.5, 0.6) is 0 Å². The van der Waals surface area contributed by atoms with Crippen molar-refractivity contribution in [2.75, 3.05) is 13.1 Å². The van der Waals surface area contributed by atoms with Gasteiger partial charge in [0.05, 0.1) is 0 Å². The second-order valence-corrected chi connectivity index (χ2v) is 6.04. The number of carbonyl (C=O) groups is 2. The van der Waals surface area contributed by atoms with Gasteiger partial charge in [0.2, 0.25) is 11.8 Å². The number of rotatable bonds is 5. The van der Waals surface area contributed by atoms with Crippen LogP contribution in [0.25, 0.3) is 0 Å². The van der Waals surface area contributed by atoms with E-state index in [-0.39, 0.29) is 17.7 Å². The summed E-state index contributed by atoms with van der Waals surface area (Å²) in [4.78, 5) is 26.6. The number of benzene rings is 1. The van der Waals surface area contributed by atoms with Crippen LogP contribution in [0.1, 0.15) is 44.7 Å². The summed E-state index contributed by atoms with van der Waals surface area (Å²) in [6.07, 6.45) is 2.54. The van der Waals surface area contributed by atoms with Crippen LogP contribution >= 0.6 is 0 Å². The van der Waals surface area contributed by atoms with Crippen molar-refractivity contribution in [3.8, 4) is 0 Å². The minimum atomic E-state index is -0.560. The molecule has 0 aliphatic carbocycles. The molecule has 4 heteroatoms. The summed E-state index contributed by atoms with van der Waals surface area (Å²) in [5.74, 6) is 0.227. The fourth-order valence-corrected chi connectivity index (χ4v) is 2.64. The lowest BCUT2D eigenvalue weighted by Gasteiger charge is -2.24. The zero-order valence-corrected chi connectivity index (χ0v) is 12.8. The van der Waals surface area contributed by atoms with E-state index in [0.717, 1.165) is 31.5 Å². The van der Waals surface area contributed by atoms with Crippen LogP contribution < -0.4 is 5.32 Å². The molecule has 114 valence electrons. The van der Waals surface area contributed by atoms with Crippen molar-refractivity contribution in [1.29, 1.82) is 0 Å². The molecule has 1 aromatic rings. The molecule has 1 N–H and O–H groups in total. The van der Waals surface area contributed by atoms with Gasteiger partial charge in [-0.1, -0.05) is 44.2 Å². The second kappa shape index (κ2) is 7.25. The molecule has 0 unspecified atom stereocenters. The molecule has 0 aromatic heterocycles. The van der Waals surface area contributed by atoms with Crippen LogP contribution in [0.3, 0.4) is 0 Å². The molecular formula is C17H24N2O2. The number of likely N-dealkylation sites (tertiary alicyclic amines) is 1. The summed E-state index contributed by atoms with van der Waals surface area (Å²) in [5, 5.41) is 2.91. The molecule has 21 heavy (non-hydrogen) atoms. The van der Waals surface area contributed by atoms with E-state index in [1.807, 2.05) is 49.1 Å². The Hall–Kier alpha value is -1.84. The van der Waals surface area contributed by atoms with Gasteiger partial charge < -0.3 is 10.2 Å². The lowest BCUT2D eigenvalue weighted by molar-refractivity contribution is -0.136. The summed E-state index contributed by atoms with van der Waals surface area (Å²) in [6, 6.07) is 8.94. The average Bonchev–Trinajstić information content (AvgIpc) is 2.98. The largest absolute Gasteiger partial charge is 0.341 e. The fourth-order valence-electron chi connectivity index (χ4n) is 2.64. The molecule has 1 atom stereocenters. The third-order valence-corrected chi connectivity index (χ3v) is 3.70. The highest BCUT2D eigenvalue weighted by atomic mass is 16.2. The molecule has 1 heterocycles. The molecule has 0 radical (unpaired) electrons. The summed E-state index contributed by atoms with van der Waals surface area (Å²) in [6.45, 7) is 5.59. The van der Waals surface area contributed by atoms with Crippen molar-refractivity contribution in [1.82, 2.24) is 10.2 Å². The second-order valence-electron chi connectivity index (χ2n) is 6.04. The van der Waals surface area contributed by atoms with Gasteiger partial charge in [0, 0.05) is 19.5 Å². The summed E-state index contributed by atoms with van der Waals surface area (Å²) in [5.41, 5.74) is 0.853. The van der Waals surface area contributed by atoms with Crippen LogP contribution in [0.15, 0.2) is 30.3 Å². The van der Waals surface area contributed by atoms with E-state index >= 15 is 0 Å². The molecule has 4 nitrogen and oxygen atoms in total. The Morgan fingerprint density at radius 2 is 1.76 bits per heavy atom. The van der Waals surface area contributed by atoms with E-state index in [2.05, 4.69) is 5.32 Å². The van der Waals surface area contributed by atoms with Crippen LogP contribution in [-0.2, 0) is 9.59 Å². The van der Waals surface area contributed by atoms with E-state index in [4.69, 9.17) is 0 Å². The van der Waals surface area contributed by atoms with Crippen molar-refractivity contribution in [2.45, 2.75) is 39.2 Å².